The van der Waals surface area contributed by atoms with Gasteiger partial charge in [-0.15, -0.1) is 0 Å². The minimum absolute atomic E-state index is 0.854. The molecule has 0 aliphatic rings. The number of ether oxygens (including phenoxy) is 1. The molecule has 0 amide bonds. The molecule has 0 spiro atoms. The van der Waals surface area contributed by atoms with Gasteiger partial charge in [0.15, 0.2) is 4.96 Å². The van der Waals surface area contributed by atoms with E-state index in [1.165, 1.54) is 10.4 Å². The summed E-state index contributed by atoms with van der Waals surface area (Å²) in [7, 11) is 1.69. The average Bonchev–Trinajstić information content (AvgIpc) is 3.33. The molecule has 28 heavy (non-hydrogen) atoms. The van der Waals surface area contributed by atoms with Gasteiger partial charge in [0.1, 0.15) is 5.75 Å². The predicted octanol–water partition coefficient (Wildman–Crippen LogP) is 6.41. The van der Waals surface area contributed by atoms with Gasteiger partial charge >= 0.3 is 0 Å². The summed E-state index contributed by atoms with van der Waals surface area (Å²) in [5, 5.41) is 0. The lowest BCUT2D eigenvalue weighted by molar-refractivity contribution is 0.415. The molecule has 0 atom stereocenters. The highest BCUT2D eigenvalue weighted by molar-refractivity contribution is 7.20. The maximum absolute atomic E-state index is 5.33. The smallest absolute Gasteiger partial charge is 0.195 e. The zero-order chi connectivity index (χ0) is 18.9. The fourth-order valence-corrected chi connectivity index (χ4v) is 4.53. The topological polar surface area (TPSA) is 26.5 Å². The summed E-state index contributed by atoms with van der Waals surface area (Å²) < 4.78 is 7.54. The van der Waals surface area contributed by atoms with E-state index in [1.807, 2.05) is 36.4 Å². The fourth-order valence-electron chi connectivity index (χ4n) is 3.40. The third-order valence-electron chi connectivity index (χ3n) is 4.79. The van der Waals surface area contributed by atoms with Gasteiger partial charge in [0.25, 0.3) is 0 Å². The molecule has 0 fully saturated rings. The van der Waals surface area contributed by atoms with Gasteiger partial charge in [-0.1, -0.05) is 72.0 Å². The number of thiazole rings is 1. The number of imidazole rings is 1. The summed E-state index contributed by atoms with van der Waals surface area (Å²) in [6, 6.07) is 29.0. The van der Waals surface area contributed by atoms with Crippen molar-refractivity contribution in [1.29, 1.82) is 0 Å². The van der Waals surface area contributed by atoms with Gasteiger partial charge in [0.05, 0.1) is 23.4 Å². The van der Waals surface area contributed by atoms with Crippen molar-refractivity contribution >= 4 is 16.3 Å². The summed E-state index contributed by atoms with van der Waals surface area (Å²) in [6.07, 6.45) is 2.13. The second-order valence-electron chi connectivity index (χ2n) is 6.52. The van der Waals surface area contributed by atoms with E-state index in [-0.39, 0.29) is 0 Å². The molecule has 0 saturated heterocycles. The van der Waals surface area contributed by atoms with Crippen LogP contribution in [0.4, 0.5) is 0 Å². The molecule has 0 aliphatic heterocycles. The Balaban J connectivity index is 1.74. The maximum atomic E-state index is 5.33. The lowest BCUT2D eigenvalue weighted by atomic mass is 10.1. The quantitative estimate of drug-likeness (QED) is 0.359. The van der Waals surface area contributed by atoms with Crippen molar-refractivity contribution in [2.75, 3.05) is 7.11 Å². The first kappa shape index (κ1) is 16.8. The molecule has 0 aliphatic carbocycles. The Bertz CT molecular complexity index is 1220. The van der Waals surface area contributed by atoms with Crippen LogP contribution in [0, 0.1) is 0 Å². The molecule has 2 heterocycles. The molecule has 5 rings (SSSR count). The Kier molecular flexibility index (Phi) is 4.18. The molecule has 0 bridgehead atoms. The first-order valence-corrected chi connectivity index (χ1v) is 9.92. The van der Waals surface area contributed by atoms with Crippen LogP contribution < -0.4 is 4.74 Å². The Labute approximate surface area is 167 Å². The summed E-state index contributed by atoms with van der Waals surface area (Å²) in [4.78, 5) is 7.11. The van der Waals surface area contributed by atoms with Gasteiger partial charge in [-0.25, -0.2) is 4.98 Å². The predicted molar refractivity (Wildman–Crippen MR) is 116 cm³/mol. The standard InChI is InChI=1S/C24H18N2OS/c1-27-20-14-12-18(13-15-20)22-23(19-10-6-3-7-11-19)28-24-25-21(16-26(22)24)17-8-4-2-5-9-17/h2-16H,1H3. The van der Waals surface area contributed by atoms with Crippen molar-refractivity contribution in [3.8, 4) is 38.7 Å². The number of hydrogen-bond donors (Lipinski definition) is 0. The van der Waals surface area contributed by atoms with Crippen molar-refractivity contribution in [1.82, 2.24) is 9.38 Å². The van der Waals surface area contributed by atoms with E-state index in [1.54, 1.807) is 18.4 Å². The van der Waals surface area contributed by atoms with E-state index in [0.29, 0.717) is 0 Å². The van der Waals surface area contributed by atoms with Crippen LogP contribution in [0.5, 0.6) is 5.75 Å². The zero-order valence-electron chi connectivity index (χ0n) is 15.4. The van der Waals surface area contributed by atoms with Crippen LogP contribution in [0.15, 0.2) is 91.1 Å². The van der Waals surface area contributed by atoms with E-state index in [9.17, 15) is 0 Å². The van der Waals surface area contributed by atoms with Gasteiger partial charge in [-0.2, -0.15) is 0 Å². The first-order chi connectivity index (χ1) is 13.8. The van der Waals surface area contributed by atoms with Crippen LogP contribution in [0.1, 0.15) is 0 Å². The van der Waals surface area contributed by atoms with Gasteiger partial charge in [0.2, 0.25) is 0 Å². The molecule has 3 nitrogen and oxygen atoms in total. The number of nitrogens with zero attached hydrogens (tertiary/aromatic N) is 2. The van der Waals surface area contributed by atoms with Gasteiger partial charge < -0.3 is 4.74 Å². The van der Waals surface area contributed by atoms with Crippen LogP contribution in [0.3, 0.4) is 0 Å². The molecule has 0 unspecified atom stereocenters. The molecule has 0 radical (unpaired) electrons. The van der Waals surface area contributed by atoms with Crippen molar-refractivity contribution < 1.29 is 4.74 Å². The Morgan fingerprint density at radius 1 is 0.750 bits per heavy atom. The molecule has 2 aromatic heterocycles. The summed E-state index contributed by atoms with van der Waals surface area (Å²) in [6.45, 7) is 0. The monoisotopic (exact) mass is 382 g/mol. The molecule has 4 heteroatoms. The third-order valence-corrected chi connectivity index (χ3v) is 5.90. The second kappa shape index (κ2) is 6.98. The third kappa shape index (κ3) is 2.88. The van der Waals surface area contributed by atoms with E-state index < -0.39 is 0 Å². The fraction of sp³-hybridized carbons (Fsp3) is 0.0417. The summed E-state index contributed by atoms with van der Waals surface area (Å²) >= 11 is 1.72. The minimum atomic E-state index is 0.854. The Morgan fingerprint density at radius 2 is 1.39 bits per heavy atom. The van der Waals surface area contributed by atoms with Gasteiger partial charge in [-0.05, 0) is 29.8 Å². The first-order valence-electron chi connectivity index (χ1n) is 9.10. The second-order valence-corrected chi connectivity index (χ2v) is 7.50. The van der Waals surface area contributed by atoms with Crippen LogP contribution in [0.25, 0.3) is 37.9 Å². The molecule has 5 aromatic rings. The van der Waals surface area contributed by atoms with E-state index >= 15 is 0 Å². The Morgan fingerprint density at radius 3 is 2.04 bits per heavy atom. The summed E-state index contributed by atoms with van der Waals surface area (Å²) in [5.41, 5.74) is 5.61. The van der Waals surface area contributed by atoms with E-state index in [2.05, 4.69) is 59.1 Å². The number of hydrogen-bond acceptors (Lipinski definition) is 3. The SMILES string of the molecule is COc1ccc(-c2c(-c3ccccc3)sc3nc(-c4ccccc4)cn23)cc1. The lowest BCUT2D eigenvalue weighted by Gasteiger charge is -2.07. The number of methoxy groups -OCH3 is 1. The number of benzene rings is 3. The van der Waals surface area contributed by atoms with Crippen molar-refractivity contribution in [2.24, 2.45) is 0 Å². The molecule has 3 aromatic carbocycles. The van der Waals surface area contributed by atoms with E-state index in [0.717, 1.165) is 33.2 Å². The lowest BCUT2D eigenvalue weighted by Crippen LogP contribution is -1.88. The molecule has 0 N–H and O–H groups in total. The number of rotatable bonds is 4. The van der Waals surface area contributed by atoms with Gasteiger partial charge in [0, 0.05) is 17.3 Å². The van der Waals surface area contributed by atoms with Gasteiger partial charge in [-0.3, -0.25) is 4.40 Å². The van der Waals surface area contributed by atoms with Crippen molar-refractivity contribution in [3.05, 3.63) is 91.1 Å². The number of aromatic nitrogens is 2. The largest absolute Gasteiger partial charge is 0.497 e. The highest BCUT2D eigenvalue weighted by Crippen LogP contribution is 2.40. The maximum Gasteiger partial charge on any atom is 0.195 e. The van der Waals surface area contributed by atoms with Crippen LogP contribution in [-0.4, -0.2) is 16.5 Å². The molecular formula is C24H18N2OS. The number of fused-ring (bicyclic) bond motifs is 1. The Hall–Kier alpha value is -3.37. The summed E-state index contributed by atoms with van der Waals surface area (Å²) in [5.74, 6) is 0.854. The van der Waals surface area contributed by atoms with Crippen LogP contribution in [-0.2, 0) is 0 Å². The highest BCUT2D eigenvalue weighted by Gasteiger charge is 2.18. The average molecular weight is 382 g/mol. The van der Waals surface area contributed by atoms with E-state index in [4.69, 9.17) is 9.72 Å². The minimum Gasteiger partial charge on any atom is -0.497 e. The molecule has 136 valence electrons. The van der Waals surface area contributed by atoms with Crippen molar-refractivity contribution in [2.45, 2.75) is 0 Å². The van der Waals surface area contributed by atoms with Crippen molar-refractivity contribution in [3.63, 3.8) is 0 Å². The highest BCUT2D eigenvalue weighted by atomic mass is 32.1. The van der Waals surface area contributed by atoms with Crippen LogP contribution in [0.2, 0.25) is 0 Å². The molecule has 0 saturated carbocycles. The zero-order valence-corrected chi connectivity index (χ0v) is 16.2. The molecular weight excluding hydrogens is 364 g/mol. The van der Waals surface area contributed by atoms with Crippen LogP contribution >= 0.6 is 11.3 Å². The normalized spacial score (nSPS) is 11.0.